The summed E-state index contributed by atoms with van der Waals surface area (Å²) >= 11 is 0. The Bertz CT molecular complexity index is 81.4. The first-order valence-electron chi connectivity index (χ1n) is 2.80. The molecule has 1 saturated heterocycles. The van der Waals surface area contributed by atoms with E-state index in [0.29, 0.717) is 19.8 Å². The topological polar surface area (TPSA) is 55.5 Å². The Morgan fingerprint density at radius 1 is 1.56 bits per heavy atom. The predicted octanol–water partition coefficient (Wildman–Crippen LogP) is -0.626. The molecule has 0 radical (unpaired) electrons. The molecule has 0 bridgehead atoms. The number of nitrogens with two attached hydrogens (primary N) is 1. The first kappa shape index (κ1) is 9.17. The average molecular weight is 154 g/mol. The third-order valence-electron chi connectivity index (χ3n) is 1.47. The van der Waals surface area contributed by atoms with E-state index >= 15 is 0 Å². The minimum atomic E-state index is -0.319. The zero-order valence-corrected chi connectivity index (χ0v) is 5.93. The summed E-state index contributed by atoms with van der Waals surface area (Å²) in [5, 5.41) is 8.98. The van der Waals surface area contributed by atoms with Crippen molar-refractivity contribution in [2.45, 2.75) is 6.10 Å². The Morgan fingerprint density at radius 3 is 2.44 bits per heavy atom. The van der Waals surface area contributed by atoms with E-state index in [1.807, 2.05) is 0 Å². The fraction of sp³-hybridized carbons (Fsp3) is 1.00. The molecule has 0 aromatic heterocycles. The first-order chi connectivity index (χ1) is 3.84. The number of aliphatic hydroxyl groups excluding tert-OH is 1. The quantitative estimate of drug-likeness (QED) is 0.528. The van der Waals surface area contributed by atoms with Crippen LogP contribution in [0.5, 0.6) is 0 Å². The Balaban J connectivity index is 0.000000640. The lowest BCUT2D eigenvalue weighted by Gasteiger charge is -2.06. The van der Waals surface area contributed by atoms with Gasteiger partial charge in [-0.2, -0.15) is 0 Å². The van der Waals surface area contributed by atoms with Crippen molar-refractivity contribution in [3.63, 3.8) is 0 Å². The smallest absolute Gasteiger partial charge is 0.0835 e. The normalized spacial score (nSPS) is 34.0. The Morgan fingerprint density at radius 2 is 2.22 bits per heavy atom. The van der Waals surface area contributed by atoms with Crippen molar-refractivity contribution in [1.82, 2.24) is 0 Å². The molecule has 0 aromatic carbocycles. The maximum atomic E-state index is 8.98. The number of aliphatic hydroxyl groups is 1. The second-order valence-corrected chi connectivity index (χ2v) is 2.10. The highest BCUT2D eigenvalue weighted by molar-refractivity contribution is 5.85. The molecule has 0 aromatic rings. The molecule has 56 valence electrons. The van der Waals surface area contributed by atoms with Gasteiger partial charge in [-0.25, -0.2) is 0 Å². The molecule has 0 saturated carbocycles. The summed E-state index contributed by atoms with van der Waals surface area (Å²) in [4.78, 5) is 0. The predicted molar refractivity (Wildman–Crippen MR) is 36.6 cm³/mol. The van der Waals surface area contributed by atoms with Gasteiger partial charge in [-0.05, 0) is 6.54 Å². The molecule has 1 aliphatic heterocycles. The van der Waals surface area contributed by atoms with Gasteiger partial charge in [-0.3, -0.25) is 0 Å². The zero-order valence-electron chi connectivity index (χ0n) is 5.12. The third-order valence-corrected chi connectivity index (χ3v) is 1.47. The van der Waals surface area contributed by atoms with Crippen molar-refractivity contribution in [2.75, 3.05) is 19.8 Å². The number of hydrogen-bond acceptors (Lipinski definition) is 3. The molecule has 0 aliphatic carbocycles. The van der Waals surface area contributed by atoms with E-state index in [1.165, 1.54) is 0 Å². The van der Waals surface area contributed by atoms with E-state index in [9.17, 15) is 0 Å². The molecule has 3 N–H and O–H groups in total. The minimum Gasteiger partial charge on any atom is -0.390 e. The molecule has 0 spiro atoms. The molecule has 1 fully saturated rings. The lowest BCUT2D eigenvalue weighted by atomic mass is 10.1. The summed E-state index contributed by atoms with van der Waals surface area (Å²) in [5.41, 5.74) is 5.28. The van der Waals surface area contributed by atoms with E-state index in [1.54, 1.807) is 0 Å². The van der Waals surface area contributed by atoms with Crippen molar-refractivity contribution in [1.29, 1.82) is 0 Å². The second kappa shape index (κ2) is 4.06. The highest BCUT2D eigenvalue weighted by atomic mass is 35.5. The van der Waals surface area contributed by atoms with E-state index in [0.717, 1.165) is 0 Å². The number of halogens is 1. The fourth-order valence-corrected chi connectivity index (χ4v) is 0.812. The average Bonchev–Trinajstić information content (AvgIpc) is 2.14. The largest absolute Gasteiger partial charge is 0.390 e. The minimum absolute atomic E-state index is 0. The SMILES string of the molecule is Cl.NC[C@@H]1COC[C@@H]1O. The summed E-state index contributed by atoms with van der Waals surface area (Å²) < 4.78 is 4.93. The summed E-state index contributed by atoms with van der Waals surface area (Å²) in [5.74, 6) is 0.176. The van der Waals surface area contributed by atoms with Crippen molar-refractivity contribution in [2.24, 2.45) is 11.7 Å². The Hall–Kier alpha value is 0.170. The summed E-state index contributed by atoms with van der Waals surface area (Å²) in [7, 11) is 0. The molecule has 1 heterocycles. The van der Waals surface area contributed by atoms with E-state index < -0.39 is 0 Å². The lowest BCUT2D eigenvalue weighted by Crippen LogP contribution is -2.25. The van der Waals surface area contributed by atoms with Crippen molar-refractivity contribution >= 4 is 12.4 Å². The zero-order chi connectivity index (χ0) is 5.98. The van der Waals surface area contributed by atoms with Crippen LogP contribution in [0.2, 0.25) is 0 Å². The molecule has 9 heavy (non-hydrogen) atoms. The monoisotopic (exact) mass is 153 g/mol. The maximum absolute atomic E-state index is 8.98. The van der Waals surface area contributed by atoms with Gasteiger partial charge >= 0.3 is 0 Å². The van der Waals surface area contributed by atoms with Crippen molar-refractivity contribution in [3.8, 4) is 0 Å². The van der Waals surface area contributed by atoms with Crippen LogP contribution in [-0.2, 0) is 4.74 Å². The molecular formula is C5H12ClNO2. The molecular weight excluding hydrogens is 142 g/mol. The van der Waals surface area contributed by atoms with Crippen LogP contribution in [0.4, 0.5) is 0 Å². The van der Waals surface area contributed by atoms with Gasteiger partial charge in [0.1, 0.15) is 0 Å². The Labute approximate surface area is 60.6 Å². The van der Waals surface area contributed by atoms with Crippen LogP contribution in [0.25, 0.3) is 0 Å². The van der Waals surface area contributed by atoms with Gasteiger partial charge in [0.2, 0.25) is 0 Å². The highest BCUT2D eigenvalue weighted by Gasteiger charge is 2.23. The van der Waals surface area contributed by atoms with Gasteiger partial charge in [0.25, 0.3) is 0 Å². The number of rotatable bonds is 1. The third kappa shape index (κ3) is 2.10. The number of hydrogen-bond donors (Lipinski definition) is 2. The lowest BCUT2D eigenvalue weighted by molar-refractivity contribution is 0.119. The van der Waals surface area contributed by atoms with Gasteiger partial charge in [-0.1, -0.05) is 0 Å². The van der Waals surface area contributed by atoms with Crippen LogP contribution in [0, 0.1) is 5.92 Å². The van der Waals surface area contributed by atoms with Crippen LogP contribution >= 0.6 is 12.4 Å². The summed E-state index contributed by atoms with van der Waals surface area (Å²) in [6.45, 7) is 1.61. The van der Waals surface area contributed by atoms with E-state index in [-0.39, 0.29) is 24.4 Å². The van der Waals surface area contributed by atoms with Gasteiger partial charge < -0.3 is 15.6 Å². The molecule has 4 heteroatoms. The van der Waals surface area contributed by atoms with Crippen LogP contribution in [0.3, 0.4) is 0 Å². The summed E-state index contributed by atoms with van der Waals surface area (Å²) in [6.07, 6.45) is -0.319. The molecule has 0 unspecified atom stereocenters. The first-order valence-corrected chi connectivity index (χ1v) is 2.80. The molecule has 3 nitrogen and oxygen atoms in total. The number of ether oxygens (including phenoxy) is 1. The van der Waals surface area contributed by atoms with Crippen molar-refractivity contribution < 1.29 is 9.84 Å². The van der Waals surface area contributed by atoms with E-state index in [4.69, 9.17) is 15.6 Å². The Kier molecular flexibility index (Phi) is 4.14. The molecule has 0 amide bonds. The summed E-state index contributed by atoms with van der Waals surface area (Å²) in [6, 6.07) is 0. The van der Waals surface area contributed by atoms with Crippen molar-refractivity contribution in [3.05, 3.63) is 0 Å². The standard InChI is InChI=1S/C5H11NO2.ClH/c6-1-4-2-8-3-5(4)7;/h4-5,7H,1-3,6H2;1H/t4-,5+;/m1./s1. The highest BCUT2D eigenvalue weighted by Crippen LogP contribution is 2.10. The maximum Gasteiger partial charge on any atom is 0.0835 e. The van der Waals surface area contributed by atoms with Gasteiger partial charge in [-0.15, -0.1) is 12.4 Å². The fourth-order valence-electron chi connectivity index (χ4n) is 0.812. The van der Waals surface area contributed by atoms with Crippen LogP contribution in [0.1, 0.15) is 0 Å². The van der Waals surface area contributed by atoms with E-state index in [2.05, 4.69) is 0 Å². The molecule has 1 rings (SSSR count). The van der Waals surface area contributed by atoms with Crippen LogP contribution in [0.15, 0.2) is 0 Å². The van der Waals surface area contributed by atoms with Crippen LogP contribution < -0.4 is 5.73 Å². The van der Waals surface area contributed by atoms with Crippen LogP contribution in [-0.4, -0.2) is 31.0 Å². The second-order valence-electron chi connectivity index (χ2n) is 2.10. The molecule has 2 atom stereocenters. The van der Waals surface area contributed by atoms with Gasteiger partial charge in [0.05, 0.1) is 19.3 Å². The molecule has 1 aliphatic rings. The van der Waals surface area contributed by atoms with Gasteiger partial charge in [0.15, 0.2) is 0 Å². The van der Waals surface area contributed by atoms with Gasteiger partial charge in [0, 0.05) is 5.92 Å².